The molecule has 2 heterocycles. The highest BCUT2D eigenvalue weighted by Gasteiger charge is 2.48. The first kappa shape index (κ1) is 23.1. The minimum atomic E-state index is -0.828. The molecule has 1 saturated heterocycles. The van der Waals surface area contributed by atoms with Crippen molar-refractivity contribution in [2.24, 2.45) is 0 Å². The number of aliphatic hydroxyl groups excluding tert-OH is 1. The van der Waals surface area contributed by atoms with Crippen molar-refractivity contribution in [1.29, 1.82) is 0 Å². The fourth-order valence-corrected chi connectivity index (χ4v) is 4.55. The van der Waals surface area contributed by atoms with Crippen LogP contribution >= 0.6 is 27.3 Å². The molecule has 33 heavy (non-hydrogen) atoms. The third-order valence-electron chi connectivity index (χ3n) is 5.25. The summed E-state index contributed by atoms with van der Waals surface area (Å²) in [6.45, 7) is 4.47. The second kappa shape index (κ2) is 9.84. The number of carbonyl (C=O) groups is 2. The molecule has 0 saturated carbocycles. The molecular weight excluding hydrogens is 506 g/mol. The molecule has 1 atom stereocenters. The molecule has 1 aliphatic heterocycles. The number of Topliss-reactive ketones (excluding diaryl/α,β-unsaturated/α-hetero) is 1. The Morgan fingerprint density at radius 3 is 2.42 bits per heavy atom. The van der Waals surface area contributed by atoms with E-state index >= 15 is 0 Å². The Morgan fingerprint density at radius 1 is 1.12 bits per heavy atom. The molecule has 0 bridgehead atoms. The van der Waals surface area contributed by atoms with E-state index in [-0.39, 0.29) is 11.3 Å². The summed E-state index contributed by atoms with van der Waals surface area (Å²) in [5.74, 6) is -1.09. The van der Waals surface area contributed by atoms with Gasteiger partial charge in [-0.05, 0) is 55.3 Å². The molecule has 0 spiro atoms. The van der Waals surface area contributed by atoms with Gasteiger partial charge in [0.05, 0.1) is 18.2 Å². The number of hydrogen-bond acceptors (Lipinski definition) is 7. The molecule has 3 aromatic rings. The lowest BCUT2D eigenvalue weighted by Crippen LogP contribution is -2.29. The fraction of sp³-hybridized carbons (Fsp3) is 0.250. The molecule has 1 amide bonds. The molecule has 1 aliphatic rings. The first-order valence-corrected chi connectivity index (χ1v) is 12.1. The van der Waals surface area contributed by atoms with Gasteiger partial charge < -0.3 is 9.84 Å². The lowest BCUT2D eigenvalue weighted by Gasteiger charge is -2.22. The van der Waals surface area contributed by atoms with Crippen molar-refractivity contribution in [1.82, 2.24) is 10.2 Å². The van der Waals surface area contributed by atoms with Crippen LogP contribution in [0.3, 0.4) is 0 Å². The number of hydrogen-bond donors (Lipinski definition) is 1. The van der Waals surface area contributed by atoms with Gasteiger partial charge in [-0.2, -0.15) is 0 Å². The number of aromatic nitrogens is 2. The summed E-state index contributed by atoms with van der Waals surface area (Å²) in [5, 5.41) is 20.2. The second-order valence-corrected chi connectivity index (χ2v) is 9.63. The number of rotatable bonds is 7. The van der Waals surface area contributed by atoms with E-state index in [0.717, 1.165) is 17.3 Å². The van der Waals surface area contributed by atoms with E-state index < -0.39 is 17.7 Å². The van der Waals surface area contributed by atoms with Crippen LogP contribution in [0, 0.1) is 6.92 Å². The van der Waals surface area contributed by atoms with Gasteiger partial charge in [0.25, 0.3) is 5.78 Å². The van der Waals surface area contributed by atoms with E-state index in [1.807, 2.05) is 12.1 Å². The maximum absolute atomic E-state index is 13.1. The van der Waals surface area contributed by atoms with Gasteiger partial charge in [0.15, 0.2) is 0 Å². The summed E-state index contributed by atoms with van der Waals surface area (Å²) in [6, 6.07) is 13.3. The summed E-state index contributed by atoms with van der Waals surface area (Å²) in [6.07, 6.45) is 1.98. The standard InChI is InChI=1S/C24H22BrN3O4S/c1-3-4-13-32-18-11-7-16(8-12-18)21(29)19-20(15-5-9-17(25)10-6-15)28(23(31)22(19)30)24-27-26-14(2)33-24/h5-12,20,29H,3-4,13H2,1-2H3. The van der Waals surface area contributed by atoms with Crippen molar-refractivity contribution in [2.45, 2.75) is 32.7 Å². The SMILES string of the molecule is CCCCOc1ccc(C(O)=C2C(=O)C(=O)N(c3nnc(C)s3)C2c2ccc(Br)cc2)cc1. The first-order chi connectivity index (χ1) is 15.9. The number of ether oxygens (including phenoxy) is 1. The van der Waals surface area contributed by atoms with Crippen molar-refractivity contribution in [3.05, 3.63) is 74.7 Å². The number of amides is 1. The minimum Gasteiger partial charge on any atom is -0.507 e. The molecule has 0 aliphatic carbocycles. The zero-order valence-electron chi connectivity index (χ0n) is 18.1. The second-order valence-electron chi connectivity index (χ2n) is 7.55. The van der Waals surface area contributed by atoms with Gasteiger partial charge in [-0.3, -0.25) is 14.5 Å². The third kappa shape index (κ3) is 4.69. The predicted octanol–water partition coefficient (Wildman–Crippen LogP) is 5.41. The maximum Gasteiger partial charge on any atom is 0.301 e. The lowest BCUT2D eigenvalue weighted by atomic mass is 9.95. The number of aryl methyl sites for hydroxylation is 1. The predicted molar refractivity (Wildman–Crippen MR) is 130 cm³/mol. The molecule has 7 nitrogen and oxygen atoms in total. The molecule has 1 fully saturated rings. The van der Waals surface area contributed by atoms with Gasteiger partial charge in [-0.1, -0.05) is 52.7 Å². The van der Waals surface area contributed by atoms with Crippen LogP contribution in [0.4, 0.5) is 5.13 Å². The van der Waals surface area contributed by atoms with Crippen molar-refractivity contribution < 1.29 is 19.4 Å². The number of halogens is 1. The van der Waals surface area contributed by atoms with Crippen LogP contribution < -0.4 is 9.64 Å². The largest absolute Gasteiger partial charge is 0.507 e. The lowest BCUT2D eigenvalue weighted by molar-refractivity contribution is -0.132. The van der Waals surface area contributed by atoms with E-state index in [1.165, 1.54) is 16.2 Å². The zero-order valence-corrected chi connectivity index (χ0v) is 20.5. The Bertz CT molecular complexity index is 1210. The summed E-state index contributed by atoms with van der Waals surface area (Å²) in [4.78, 5) is 27.5. The van der Waals surface area contributed by atoms with Gasteiger partial charge in [-0.25, -0.2) is 0 Å². The molecule has 9 heteroatoms. The van der Waals surface area contributed by atoms with Gasteiger partial charge in [0.1, 0.15) is 16.5 Å². The number of ketones is 1. The molecular formula is C24H22BrN3O4S. The van der Waals surface area contributed by atoms with Crippen LogP contribution in [0.25, 0.3) is 5.76 Å². The summed E-state index contributed by atoms with van der Waals surface area (Å²) >= 11 is 4.62. The number of nitrogens with zero attached hydrogens (tertiary/aromatic N) is 3. The van der Waals surface area contributed by atoms with Gasteiger partial charge >= 0.3 is 5.91 Å². The molecule has 4 rings (SSSR count). The number of benzene rings is 2. The van der Waals surface area contributed by atoms with E-state index in [9.17, 15) is 14.7 Å². The van der Waals surface area contributed by atoms with Gasteiger partial charge in [0, 0.05) is 10.0 Å². The number of aliphatic hydroxyl groups is 1. The topological polar surface area (TPSA) is 92.6 Å². The zero-order chi connectivity index (χ0) is 23.5. The van der Waals surface area contributed by atoms with Crippen LogP contribution in [0.2, 0.25) is 0 Å². The molecule has 2 aromatic carbocycles. The highest BCUT2D eigenvalue weighted by atomic mass is 79.9. The van der Waals surface area contributed by atoms with Crippen LogP contribution in [-0.4, -0.2) is 33.6 Å². The first-order valence-electron chi connectivity index (χ1n) is 10.5. The maximum atomic E-state index is 13.1. The summed E-state index contributed by atoms with van der Waals surface area (Å²) < 4.78 is 6.53. The monoisotopic (exact) mass is 527 g/mol. The Morgan fingerprint density at radius 2 is 1.82 bits per heavy atom. The van der Waals surface area contributed by atoms with Gasteiger partial charge in [0.2, 0.25) is 5.13 Å². The molecule has 170 valence electrons. The van der Waals surface area contributed by atoms with Crippen molar-refractivity contribution in [3.63, 3.8) is 0 Å². The number of carbonyl (C=O) groups excluding carboxylic acids is 2. The highest BCUT2D eigenvalue weighted by molar-refractivity contribution is 9.10. The molecule has 1 N–H and O–H groups in total. The van der Waals surface area contributed by atoms with Crippen LogP contribution in [0.15, 0.2) is 58.6 Å². The quantitative estimate of drug-likeness (QED) is 0.191. The van der Waals surface area contributed by atoms with E-state index in [0.29, 0.717) is 33.6 Å². The third-order valence-corrected chi connectivity index (χ3v) is 6.61. The molecule has 0 radical (unpaired) electrons. The Kier molecular flexibility index (Phi) is 6.90. The average Bonchev–Trinajstić information content (AvgIpc) is 3.35. The Balaban J connectivity index is 1.78. The number of unbranched alkanes of at least 4 members (excludes halogenated alkanes) is 1. The van der Waals surface area contributed by atoms with E-state index in [2.05, 4.69) is 33.1 Å². The van der Waals surface area contributed by atoms with E-state index in [4.69, 9.17) is 4.74 Å². The van der Waals surface area contributed by atoms with Crippen molar-refractivity contribution in [3.8, 4) is 5.75 Å². The van der Waals surface area contributed by atoms with Gasteiger partial charge in [-0.15, -0.1) is 10.2 Å². The van der Waals surface area contributed by atoms with Crippen LogP contribution in [-0.2, 0) is 9.59 Å². The highest BCUT2D eigenvalue weighted by Crippen LogP contribution is 2.43. The normalized spacial score (nSPS) is 17.5. The molecule has 1 unspecified atom stereocenters. The smallest absolute Gasteiger partial charge is 0.301 e. The van der Waals surface area contributed by atoms with E-state index in [1.54, 1.807) is 43.3 Å². The van der Waals surface area contributed by atoms with Crippen molar-refractivity contribution in [2.75, 3.05) is 11.5 Å². The summed E-state index contributed by atoms with van der Waals surface area (Å²) in [7, 11) is 0. The average molecular weight is 528 g/mol. The van der Waals surface area contributed by atoms with Crippen molar-refractivity contribution >= 4 is 49.8 Å². The molecule has 1 aromatic heterocycles. The van der Waals surface area contributed by atoms with Crippen LogP contribution in [0.1, 0.15) is 41.9 Å². The fourth-order valence-electron chi connectivity index (χ4n) is 3.57. The number of anilines is 1. The Labute approximate surface area is 203 Å². The Hall–Kier alpha value is -3.04. The van der Waals surface area contributed by atoms with Crippen LogP contribution in [0.5, 0.6) is 5.75 Å². The summed E-state index contributed by atoms with van der Waals surface area (Å²) in [5.41, 5.74) is 1.10. The minimum absolute atomic E-state index is 0.00910.